The lowest BCUT2D eigenvalue weighted by molar-refractivity contribution is 1.63. The molecule has 1 nitrogen and oxygen atoms in total. The number of terminal acetylenes is 1. The van der Waals surface area contributed by atoms with Crippen LogP contribution in [0.3, 0.4) is 0 Å². The average molecular weight is 152 g/mol. The molecular weight excluding hydrogens is 146 g/mol. The van der Waals surface area contributed by atoms with E-state index in [1.54, 1.807) is 18.2 Å². The average Bonchev–Trinajstić information content (AvgIpc) is 1.95. The van der Waals surface area contributed by atoms with Crippen LogP contribution in [0.2, 0.25) is 5.02 Å². The summed E-state index contributed by atoms with van der Waals surface area (Å²) in [6.07, 6.45) is 5.13. The molecule has 50 valence electrons. The van der Waals surface area contributed by atoms with E-state index in [4.69, 9.17) is 23.8 Å². The third-order valence-electron chi connectivity index (χ3n) is 1.21. The Morgan fingerprint density at radius 1 is 1.50 bits per heavy atom. The molecule has 1 aromatic rings. The first-order valence-corrected chi connectivity index (χ1v) is 3.14. The van der Waals surface area contributed by atoms with Gasteiger partial charge in [-0.2, -0.15) is 0 Å². The summed E-state index contributed by atoms with van der Waals surface area (Å²) in [4.78, 5) is 0. The summed E-state index contributed by atoms with van der Waals surface area (Å²) >= 11 is 5.67. The van der Waals surface area contributed by atoms with Gasteiger partial charge in [-0.1, -0.05) is 23.6 Å². The van der Waals surface area contributed by atoms with Crippen LogP contribution in [-0.2, 0) is 0 Å². The maximum absolute atomic E-state index is 5.67. The van der Waals surface area contributed by atoms with Crippen LogP contribution >= 0.6 is 11.6 Å². The van der Waals surface area contributed by atoms with Crippen LogP contribution in [0.15, 0.2) is 18.2 Å². The number of halogens is 1. The van der Waals surface area contributed by atoms with E-state index in [1.165, 1.54) is 0 Å². The Labute approximate surface area is 64.8 Å². The fourth-order valence-electron chi connectivity index (χ4n) is 0.663. The first kappa shape index (κ1) is 6.98. The Balaban J connectivity index is 3.31. The Hall–Kier alpha value is -1.13. The smallest absolute Gasteiger partial charge is 0.0662 e. The van der Waals surface area contributed by atoms with Crippen molar-refractivity contribution in [2.24, 2.45) is 0 Å². The second kappa shape index (κ2) is 2.64. The number of para-hydroxylation sites is 1. The van der Waals surface area contributed by atoms with Crippen LogP contribution in [0.1, 0.15) is 5.56 Å². The van der Waals surface area contributed by atoms with Crippen LogP contribution in [0.5, 0.6) is 0 Å². The number of hydrogen-bond acceptors (Lipinski definition) is 1. The fraction of sp³-hybridized carbons (Fsp3) is 0. The lowest BCUT2D eigenvalue weighted by Gasteiger charge is -1.98. The highest BCUT2D eigenvalue weighted by atomic mass is 35.5. The standard InChI is InChI=1S/C8H6ClN/c1-2-6-4-3-5-7(9)8(6)10/h1,3-5H,10H2. The second-order valence-electron chi connectivity index (χ2n) is 1.85. The van der Waals surface area contributed by atoms with Crippen molar-refractivity contribution in [3.8, 4) is 12.3 Å². The molecule has 0 amide bonds. The third-order valence-corrected chi connectivity index (χ3v) is 1.54. The van der Waals surface area contributed by atoms with Gasteiger partial charge < -0.3 is 5.73 Å². The van der Waals surface area contributed by atoms with Gasteiger partial charge in [-0.25, -0.2) is 0 Å². The highest BCUT2D eigenvalue weighted by Crippen LogP contribution is 2.20. The molecular formula is C8H6ClN. The van der Waals surface area contributed by atoms with Gasteiger partial charge in [-0.3, -0.25) is 0 Å². The highest BCUT2D eigenvalue weighted by Gasteiger charge is 1.97. The molecule has 1 aromatic carbocycles. The summed E-state index contributed by atoms with van der Waals surface area (Å²) in [5, 5.41) is 0.510. The van der Waals surface area contributed by atoms with Gasteiger partial charge in [-0.05, 0) is 12.1 Å². The molecule has 0 saturated heterocycles. The van der Waals surface area contributed by atoms with E-state index in [0.29, 0.717) is 16.3 Å². The summed E-state index contributed by atoms with van der Waals surface area (Å²) in [7, 11) is 0. The predicted molar refractivity (Wildman–Crippen MR) is 43.8 cm³/mol. The Bertz CT molecular complexity index is 286. The zero-order valence-corrected chi connectivity index (χ0v) is 6.02. The van der Waals surface area contributed by atoms with E-state index in [1.807, 2.05) is 0 Å². The number of nitrogen functional groups attached to an aromatic ring is 1. The zero-order valence-electron chi connectivity index (χ0n) is 5.26. The van der Waals surface area contributed by atoms with Crippen molar-refractivity contribution in [2.45, 2.75) is 0 Å². The van der Waals surface area contributed by atoms with Crippen LogP contribution in [-0.4, -0.2) is 0 Å². The van der Waals surface area contributed by atoms with Gasteiger partial charge >= 0.3 is 0 Å². The molecule has 0 unspecified atom stereocenters. The van der Waals surface area contributed by atoms with Gasteiger partial charge in [0.1, 0.15) is 0 Å². The molecule has 0 aliphatic carbocycles. The summed E-state index contributed by atoms with van der Waals surface area (Å²) in [6, 6.07) is 5.23. The first-order valence-electron chi connectivity index (χ1n) is 2.76. The number of nitrogens with two attached hydrogens (primary N) is 1. The topological polar surface area (TPSA) is 26.0 Å². The van der Waals surface area contributed by atoms with Gasteiger partial charge in [-0.15, -0.1) is 6.42 Å². The van der Waals surface area contributed by atoms with E-state index in [-0.39, 0.29) is 0 Å². The van der Waals surface area contributed by atoms with Crippen molar-refractivity contribution in [3.05, 3.63) is 28.8 Å². The molecule has 2 heteroatoms. The molecule has 0 radical (unpaired) electrons. The molecule has 10 heavy (non-hydrogen) atoms. The van der Waals surface area contributed by atoms with Crippen LogP contribution in [0.25, 0.3) is 0 Å². The van der Waals surface area contributed by atoms with Crippen molar-refractivity contribution in [3.63, 3.8) is 0 Å². The minimum absolute atomic E-state index is 0.478. The Kier molecular flexibility index (Phi) is 1.84. The largest absolute Gasteiger partial charge is 0.397 e. The van der Waals surface area contributed by atoms with Crippen LogP contribution in [0, 0.1) is 12.3 Å². The van der Waals surface area contributed by atoms with E-state index in [2.05, 4.69) is 5.92 Å². The lowest BCUT2D eigenvalue weighted by atomic mass is 10.2. The van der Waals surface area contributed by atoms with Crippen molar-refractivity contribution < 1.29 is 0 Å². The molecule has 0 aromatic heterocycles. The van der Waals surface area contributed by atoms with E-state index >= 15 is 0 Å². The summed E-state index contributed by atoms with van der Waals surface area (Å²) in [6.45, 7) is 0. The molecule has 0 spiro atoms. The van der Waals surface area contributed by atoms with Crippen molar-refractivity contribution in [2.75, 3.05) is 5.73 Å². The van der Waals surface area contributed by atoms with Gasteiger partial charge in [0.15, 0.2) is 0 Å². The van der Waals surface area contributed by atoms with Crippen molar-refractivity contribution >= 4 is 17.3 Å². The van der Waals surface area contributed by atoms with E-state index in [0.717, 1.165) is 0 Å². The maximum atomic E-state index is 5.67. The maximum Gasteiger partial charge on any atom is 0.0662 e. The Morgan fingerprint density at radius 3 is 2.70 bits per heavy atom. The van der Waals surface area contributed by atoms with Gasteiger partial charge in [0.25, 0.3) is 0 Å². The minimum Gasteiger partial charge on any atom is -0.397 e. The SMILES string of the molecule is C#Cc1cccc(Cl)c1N. The molecule has 2 N–H and O–H groups in total. The lowest BCUT2D eigenvalue weighted by Crippen LogP contribution is -1.89. The fourth-order valence-corrected chi connectivity index (χ4v) is 0.837. The molecule has 1 rings (SSSR count). The Morgan fingerprint density at radius 2 is 2.20 bits per heavy atom. The molecule has 0 bridgehead atoms. The third kappa shape index (κ3) is 1.07. The summed E-state index contributed by atoms with van der Waals surface area (Å²) < 4.78 is 0. The number of anilines is 1. The molecule has 0 atom stereocenters. The quantitative estimate of drug-likeness (QED) is 0.445. The van der Waals surface area contributed by atoms with Gasteiger partial charge in [0.2, 0.25) is 0 Å². The van der Waals surface area contributed by atoms with Crippen molar-refractivity contribution in [1.29, 1.82) is 0 Å². The monoisotopic (exact) mass is 151 g/mol. The van der Waals surface area contributed by atoms with Crippen molar-refractivity contribution in [1.82, 2.24) is 0 Å². The van der Waals surface area contributed by atoms with Gasteiger partial charge in [0.05, 0.1) is 10.7 Å². The van der Waals surface area contributed by atoms with Gasteiger partial charge in [0, 0.05) is 5.56 Å². The summed E-state index contributed by atoms with van der Waals surface area (Å²) in [5.74, 6) is 2.43. The van der Waals surface area contributed by atoms with Crippen LogP contribution < -0.4 is 5.73 Å². The van der Waals surface area contributed by atoms with E-state index in [9.17, 15) is 0 Å². The normalized spacial score (nSPS) is 8.80. The number of benzene rings is 1. The number of hydrogen-bond donors (Lipinski definition) is 1. The first-order chi connectivity index (χ1) is 4.75. The van der Waals surface area contributed by atoms with Crippen LogP contribution in [0.4, 0.5) is 5.69 Å². The second-order valence-corrected chi connectivity index (χ2v) is 2.25. The molecule has 0 heterocycles. The highest BCUT2D eigenvalue weighted by molar-refractivity contribution is 6.33. The summed E-state index contributed by atoms with van der Waals surface area (Å²) in [5.41, 5.74) is 6.64. The minimum atomic E-state index is 0.478. The number of rotatable bonds is 0. The van der Waals surface area contributed by atoms with E-state index < -0.39 is 0 Å². The molecule has 0 saturated carbocycles. The molecule has 0 fully saturated rings. The predicted octanol–water partition coefficient (Wildman–Crippen LogP) is 1.90. The zero-order chi connectivity index (χ0) is 7.56. The molecule has 0 aliphatic rings. The molecule has 0 aliphatic heterocycles.